The molecule has 132 valence electrons. The summed E-state index contributed by atoms with van der Waals surface area (Å²) in [6, 6.07) is 9.12. The van der Waals surface area contributed by atoms with Crippen molar-refractivity contribution in [1.82, 2.24) is 10.2 Å². The third-order valence-corrected chi connectivity index (χ3v) is 4.34. The molecule has 6 heteroatoms. The topological polar surface area (TPSA) is 84.7 Å². The molecule has 2 rings (SSSR count). The number of nitrogens with two attached hydrogens (primary N) is 1. The average Bonchev–Trinajstić information content (AvgIpc) is 3.06. The summed E-state index contributed by atoms with van der Waals surface area (Å²) in [7, 11) is 0. The third-order valence-electron chi connectivity index (χ3n) is 4.34. The SMILES string of the molecule is CC(C)[C@H](N)C(=O)NC[C@@H]1CCN(C(=O)OCc2ccccc2)C1. The number of hydrogen-bond acceptors (Lipinski definition) is 4. The zero-order valence-electron chi connectivity index (χ0n) is 14.4. The van der Waals surface area contributed by atoms with Gasteiger partial charge in [-0.05, 0) is 23.8 Å². The number of likely N-dealkylation sites (tertiary alicyclic amines) is 1. The van der Waals surface area contributed by atoms with Crippen molar-refractivity contribution in [2.24, 2.45) is 17.6 Å². The predicted octanol–water partition coefficient (Wildman–Crippen LogP) is 1.74. The van der Waals surface area contributed by atoms with E-state index in [1.54, 1.807) is 4.90 Å². The minimum Gasteiger partial charge on any atom is -0.445 e. The second-order valence-electron chi connectivity index (χ2n) is 6.66. The summed E-state index contributed by atoms with van der Waals surface area (Å²) < 4.78 is 5.34. The molecule has 0 bridgehead atoms. The Morgan fingerprint density at radius 2 is 2.04 bits per heavy atom. The van der Waals surface area contributed by atoms with E-state index in [9.17, 15) is 9.59 Å². The van der Waals surface area contributed by atoms with E-state index < -0.39 is 6.04 Å². The number of carbonyl (C=O) groups excluding carboxylic acids is 2. The molecule has 1 aliphatic heterocycles. The van der Waals surface area contributed by atoms with Crippen molar-refractivity contribution >= 4 is 12.0 Å². The van der Waals surface area contributed by atoms with Crippen molar-refractivity contribution in [3.05, 3.63) is 35.9 Å². The molecule has 1 aromatic rings. The molecule has 6 nitrogen and oxygen atoms in total. The van der Waals surface area contributed by atoms with Gasteiger partial charge in [0.25, 0.3) is 0 Å². The Morgan fingerprint density at radius 3 is 2.71 bits per heavy atom. The van der Waals surface area contributed by atoms with Crippen LogP contribution in [-0.2, 0) is 16.1 Å². The Balaban J connectivity index is 1.70. The van der Waals surface area contributed by atoms with Crippen molar-refractivity contribution in [3.63, 3.8) is 0 Å². The quantitative estimate of drug-likeness (QED) is 0.830. The molecule has 0 unspecified atom stereocenters. The van der Waals surface area contributed by atoms with Gasteiger partial charge in [0.15, 0.2) is 0 Å². The van der Waals surface area contributed by atoms with Crippen molar-refractivity contribution in [3.8, 4) is 0 Å². The van der Waals surface area contributed by atoms with Crippen molar-refractivity contribution < 1.29 is 14.3 Å². The Morgan fingerprint density at radius 1 is 1.33 bits per heavy atom. The summed E-state index contributed by atoms with van der Waals surface area (Å²) in [5.41, 5.74) is 6.79. The Kier molecular flexibility index (Phi) is 6.61. The highest BCUT2D eigenvalue weighted by Gasteiger charge is 2.28. The van der Waals surface area contributed by atoms with Crippen LogP contribution >= 0.6 is 0 Å². The van der Waals surface area contributed by atoms with Gasteiger partial charge >= 0.3 is 6.09 Å². The fourth-order valence-corrected chi connectivity index (χ4v) is 2.64. The van der Waals surface area contributed by atoms with E-state index in [4.69, 9.17) is 10.5 Å². The molecule has 1 heterocycles. The lowest BCUT2D eigenvalue weighted by Crippen LogP contribution is -2.45. The number of hydrogen-bond donors (Lipinski definition) is 2. The highest BCUT2D eigenvalue weighted by Crippen LogP contribution is 2.17. The van der Waals surface area contributed by atoms with Gasteiger partial charge in [0.05, 0.1) is 6.04 Å². The Hall–Kier alpha value is -2.08. The minimum absolute atomic E-state index is 0.109. The summed E-state index contributed by atoms with van der Waals surface area (Å²) in [5.74, 6) is 0.228. The van der Waals surface area contributed by atoms with Crippen LogP contribution in [0, 0.1) is 11.8 Å². The lowest BCUT2D eigenvalue weighted by molar-refractivity contribution is -0.123. The summed E-state index contributed by atoms with van der Waals surface area (Å²) in [5, 5.41) is 2.88. The number of nitrogens with zero attached hydrogens (tertiary/aromatic N) is 1. The van der Waals surface area contributed by atoms with Crippen LogP contribution in [0.25, 0.3) is 0 Å². The predicted molar refractivity (Wildman–Crippen MR) is 92.1 cm³/mol. The van der Waals surface area contributed by atoms with Gasteiger partial charge in [0.2, 0.25) is 5.91 Å². The molecule has 1 saturated heterocycles. The standard InChI is InChI=1S/C18H27N3O3/c1-13(2)16(19)17(22)20-10-15-8-9-21(11-15)18(23)24-12-14-6-4-3-5-7-14/h3-7,13,15-16H,8-12,19H2,1-2H3,(H,20,22)/t15-,16-/m0/s1. The van der Waals surface area contributed by atoms with Gasteiger partial charge < -0.3 is 20.7 Å². The summed E-state index contributed by atoms with van der Waals surface area (Å²) in [6.45, 7) is 5.92. The first-order valence-electron chi connectivity index (χ1n) is 8.46. The van der Waals surface area contributed by atoms with Crippen LogP contribution in [0.5, 0.6) is 0 Å². The molecule has 0 saturated carbocycles. The lowest BCUT2D eigenvalue weighted by atomic mass is 10.0. The largest absolute Gasteiger partial charge is 0.445 e. The van der Waals surface area contributed by atoms with Gasteiger partial charge in [-0.15, -0.1) is 0 Å². The average molecular weight is 333 g/mol. The van der Waals surface area contributed by atoms with Crippen LogP contribution < -0.4 is 11.1 Å². The highest BCUT2D eigenvalue weighted by molar-refractivity contribution is 5.81. The van der Waals surface area contributed by atoms with Crippen LogP contribution in [0.2, 0.25) is 0 Å². The molecule has 3 N–H and O–H groups in total. The Labute approximate surface area is 143 Å². The maximum Gasteiger partial charge on any atom is 0.410 e. The molecule has 1 aromatic carbocycles. The number of benzene rings is 1. The van der Waals surface area contributed by atoms with Crippen molar-refractivity contribution in [2.75, 3.05) is 19.6 Å². The fraction of sp³-hybridized carbons (Fsp3) is 0.556. The van der Waals surface area contributed by atoms with Gasteiger partial charge in [-0.2, -0.15) is 0 Å². The molecule has 0 aliphatic carbocycles. The first kappa shape index (κ1) is 18.3. The molecule has 1 aliphatic rings. The monoisotopic (exact) mass is 333 g/mol. The zero-order chi connectivity index (χ0) is 17.5. The van der Waals surface area contributed by atoms with Crippen LogP contribution in [0.15, 0.2) is 30.3 Å². The molecule has 2 amide bonds. The number of nitrogens with one attached hydrogen (secondary N) is 1. The van der Waals surface area contributed by atoms with Gasteiger partial charge in [0, 0.05) is 19.6 Å². The summed E-state index contributed by atoms with van der Waals surface area (Å²) >= 11 is 0. The van der Waals surface area contributed by atoms with Crippen LogP contribution in [0.1, 0.15) is 25.8 Å². The van der Waals surface area contributed by atoms with Gasteiger partial charge in [0.1, 0.15) is 6.61 Å². The third kappa shape index (κ3) is 5.23. The maximum absolute atomic E-state index is 12.1. The second kappa shape index (κ2) is 8.68. The maximum atomic E-state index is 12.1. The van der Waals surface area contributed by atoms with Crippen LogP contribution in [-0.4, -0.2) is 42.6 Å². The van der Waals surface area contributed by atoms with Crippen molar-refractivity contribution in [1.29, 1.82) is 0 Å². The smallest absolute Gasteiger partial charge is 0.410 e. The molecule has 24 heavy (non-hydrogen) atoms. The zero-order valence-corrected chi connectivity index (χ0v) is 14.4. The number of ether oxygens (including phenoxy) is 1. The number of amides is 2. The molecule has 1 fully saturated rings. The van der Waals surface area contributed by atoms with Crippen molar-refractivity contribution in [2.45, 2.75) is 32.9 Å². The van der Waals surface area contributed by atoms with E-state index in [0.29, 0.717) is 19.6 Å². The second-order valence-corrected chi connectivity index (χ2v) is 6.66. The summed E-state index contributed by atoms with van der Waals surface area (Å²) in [4.78, 5) is 25.7. The summed E-state index contributed by atoms with van der Waals surface area (Å²) in [6.07, 6.45) is 0.559. The van der Waals surface area contributed by atoms with E-state index in [-0.39, 0.29) is 30.4 Å². The van der Waals surface area contributed by atoms with Gasteiger partial charge in [-0.3, -0.25) is 4.79 Å². The minimum atomic E-state index is -0.488. The van der Waals surface area contributed by atoms with Gasteiger partial charge in [-0.25, -0.2) is 4.79 Å². The molecule has 0 radical (unpaired) electrons. The molecular weight excluding hydrogens is 306 g/mol. The van der Waals surface area contributed by atoms with Crippen LogP contribution in [0.4, 0.5) is 4.79 Å². The van der Waals surface area contributed by atoms with E-state index in [1.807, 2.05) is 44.2 Å². The van der Waals surface area contributed by atoms with E-state index in [2.05, 4.69) is 5.32 Å². The van der Waals surface area contributed by atoms with Gasteiger partial charge in [-0.1, -0.05) is 44.2 Å². The van der Waals surface area contributed by atoms with E-state index >= 15 is 0 Å². The first-order chi connectivity index (χ1) is 11.5. The fourth-order valence-electron chi connectivity index (χ4n) is 2.64. The Bertz CT molecular complexity index is 548. The molecule has 0 spiro atoms. The first-order valence-corrected chi connectivity index (χ1v) is 8.46. The molecule has 0 aromatic heterocycles. The lowest BCUT2D eigenvalue weighted by Gasteiger charge is -2.18. The number of carbonyl (C=O) groups is 2. The number of rotatable bonds is 6. The normalized spacial score (nSPS) is 18.5. The molecular formula is C18H27N3O3. The molecule has 2 atom stereocenters. The van der Waals surface area contributed by atoms with E-state index in [0.717, 1.165) is 12.0 Å². The van der Waals surface area contributed by atoms with E-state index in [1.165, 1.54) is 0 Å². The van der Waals surface area contributed by atoms with Crippen LogP contribution in [0.3, 0.4) is 0 Å². The highest BCUT2D eigenvalue weighted by atomic mass is 16.6.